The minimum atomic E-state index is -0.175. The van der Waals surface area contributed by atoms with E-state index in [0.29, 0.717) is 0 Å². The van der Waals surface area contributed by atoms with Crippen LogP contribution in [0.1, 0.15) is 26.7 Å². The Labute approximate surface area is 61.0 Å². The van der Waals surface area contributed by atoms with Crippen LogP contribution >= 0.6 is 0 Å². The molecule has 0 saturated carbocycles. The van der Waals surface area contributed by atoms with Gasteiger partial charge in [-0.05, 0) is 13.8 Å². The summed E-state index contributed by atoms with van der Waals surface area (Å²) in [6.45, 7) is 4.27. The maximum absolute atomic E-state index is 10.7. The summed E-state index contributed by atoms with van der Waals surface area (Å²) in [6, 6.07) is 0.0231. The van der Waals surface area contributed by atoms with Crippen molar-refractivity contribution in [3.8, 4) is 0 Å². The van der Waals surface area contributed by atoms with Crippen molar-refractivity contribution in [3.05, 3.63) is 0 Å². The molecule has 1 fully saturated rings. The van der Waals surface area contributed by atoms with Crippen molar-refractivity contribution in [2.75, 3.05) is 0 Å². The standard InChI is InChI=1S/C7H14N2O/c1-7(2)4-3-5(9-7)6(8)10/h5,9H,3-4H2,1-2H3,(H2,8,10)/p+1/t5-/m0/s1. The molecule has 1 aliphatic heterocycles. The van der Waals surface area contributed by atoms with Crippen LogP contribution in [0.5, 0.6) is 0 Å². The summed E-state index contributed by atoms with van der Waals surface area (Å²) < 4.78 is 0. The quantitative estimate of drug-likeness (QED) is 0.485. The van der Waals surface area contributed by atoms with Crippen molar-refractivity contribution in [1.82, 2.24) is 0 Å². The van der Waals surface area contributed by atoms with Crippen LogP contribution in [0.2, 0.25) is 0 Å². The van der Waals surface area contributed by atoms with Gasteiger partial charge < -0.3 is 11.1 Å². The summed E-state index contributed by atoms with van der Waals surface area (Å²) in [4.78, 5) is 10.7. The summed E-state index contributed by atoms with van der Waals surface area (Å²) in [5.41, 5.74) is 5.37. The molecule has 4 N–H and O–H groups in total. The van der Waals surface area contributed by atoms with Crippen LogP contribution in [0.15, 0.2) is 0 Å². The molecule has 0 spiro atoms. The normalized spacial score (nSPS) is 30.4. The summed E-state index contributed by atoms with van der Waals surface area (Å²) >= 11 is 0. The molecule has 1 saturated heterocycles. The predicted octanol–water partition coefficient (Wildman–Crippen LogP) is -1.02. The fourth-order valence-corrected chi connectivity index (χ4v) is 1.46. The summed E-state index contributed by atoms with van der Waals surface area (Å²) in [5, 5.41) is 2.06. The van der Waals surface area contributed by atoms with E-state index in [9.17, 15) is 4.79 Å². The first kappa shape index (κ1) is 7.54. The Bertz CT molecular complexity index is 154. The van der Waals surface area contributed by atoms with Gasteiger partial charge in [0.15, 0.2) is 6.04 Å². The van der Waals surface area contributed by atoms with Crippen molar-refractivity contribution < 1.29 is 10.1 Å². The smallest absolute Gasteiger partial charge is 0.275 e. The number of primary amides is 1. The fraction of sp³-hybridized carbons (Fsp3) is 0.857. The fourth-order valence-electron chi connectivity index (χ4n) is 1.46. The molecule has 58 valence electrons. The number of carbonyl (C=O) groups excluding carboxylic acids is 1. The monoisotopic (exact) mass is 143 g/mol. The average Bonchev–Trinajstić information content (AvgIpc) is 2.10. The highest BCUT2D eigenvalue weighted by molar-refractivity contribution is 5.78. The first-order chi connectivity index (χ1) is 4.51. The number of carbonyl (C=O) groups is 1. The van der Waals surface area contributed by atoms with Crippen LogP contribution in [0.25, 0.3) is 0 Å². The molecular weight excluding hydrogens is 128 g/mol. The van der Waals surface area contributed by atoms with Gasteiger partial charge in [0, 0.05) is 12.8 Å². The largest absolute Gasteiger partial charge is 0.365 e. The number of nitrogens with two attached hydrogens (primary N) is 2. The molecule has 3 nitrogen and oxygen atoms in total. The molecule has 0 bridgehead atoms. The van der Waals surface area contributed by atoms with Crippen LogP contribution in [-0.4, -0.2) is 17.5 Å². The highest BCUT2D eigenvalue weighted by Crippen LogP contribution is 2.13. The lowest BCUT2D eigenvalue weighted by Crippen LogP contribution is -2.97. The Balaban J connectivity index is 2.51. The van der Waals surface area contributed by atoms with Gasteiger partial charge in [0.25, 0.3) is 5.91 Å². The van der Waals surface area contributed by atoms with Crippen molar-refractivity contribution >= 4 is 5.91 Å². The summed E-state index contributed by atoms with van der Waals surface area (Å²) in [6.07, 6.45) is 2.02. The molecule has 1 amide bonds. The zero-order chi connectivity index (χ0) is 7.78. The minimum Gasteiger partial charge on any atom is -0.365 e. The maximum atomic E-state index is 10.7. The second-order valence-corrected chi connectivity index (χ2v) is 3.70. The van der Waals surface area contributed by atoms with E-state index in [0.717, 1.165) is 12.8 Å². The van der Waals surface area contributed by atoms with E-state index in [2.05, 4.69) is 19.2 Å². The van der Waals surface area contributed by atoms with E-state index in [1.165, 1.54) is 0 Å². The minimum absolute atomic E-state index is 0.0231. The number of amides is 1. The molecule has 0 unspecified atom stereocenters. The second kappa shape index (κ2) is 2.23. The third kappa shape index (κ3) is 1.48. The number of hydrogen-bond donors (Lipinski definition) is 2. The zero-order valence-corrected chi connectivity index (χ0v) is 6.55. The Morgan fingerprint density at radius 2 is 2.30 bits per heavy atom. The second-order valence-electron chi connectivity index (χ2n) is 3.70. The van der Waals surface area contributed by atoms with Gasteiger partial charge in [-0.25, -0.2) is 0 Å². The van der Waals surface area contributed by atoms with E-state index < -0.39 is 0 Å². The molecule has 0 radical (unpaired) electrons. The Morgan fingerprint density at radius 1 is 1.70 bits per heavy atom. The molecule has 0 aromatic carbocycles. The first-order valence-corrected chi connectivity index (χ1v) is 3.67. The van der Waals surface area contributed by atoms with Crippen molar-refractivity contribution in [2.45, 2.75) is 38.3 Å². The first-order valence-electron chi connectivity index (χ1n) is 3.67. The van der Waals surface area contributed by atoms with Gasteiger partial charge in [-0.2, -0.15) is 0 Å². The van der Waals surface area contributed by atoms with Gasteiger partial charge in [-0.1, -0.05) is 0 Å². The summed E-state index contributed by atoms with van der Waals surface area (Å²) in [5.74, 6) is -0.175. The van der Waals surface area contributed by atoms with E-state index in [-0.39, 0.29) is 17.5 Å². The molecule has 1 atom stereocenters. The average molecular weight is 143 g/mol. The topological polar surface area (TPSA) is 59.7 Å². The van der Waals surface area contributed by atoms with Crippen LogP contribution < -0.4 is 11.1 Å². The lowest BCUT2D eigenvalue weighted by atomic mass is 10.0. The van der Waals surface area contributed by atoms with Gasteiger partial charge >= 0.3 is 0 Å². The van der Waals surface area contributed by atoms with Crippen LogP contribution in [0.4, 0.5) is 0 Å². The summed E-state index contributed by atoms with van der Waals surface area (Å²) in [7, 11) is 0. The van der Waals surface area contributed by atoms with E-state index in [1.807, 2.05) is 0 Å². The van der Waals surface area contributed by atoms with Crippen LogP contribution in [0.3, 0.4) is 0 Å². The molecular formula is C7H15N2O+. The SMILES string of the molecule is CC1(C)CC[C@@H](C(N)=O)[NH2+]1. The number of rotatable bonds is 1. The van der Waals surface area contributed by atoms with E-state index >= 15 is 0 Å². The third-order valence-electron chi connectivity index (χ3n) is 2.12. The van der Waals surface area contributed by atoms with Gasteiger partial charge in [-0.15, -0.1) is 0 Å². The van der Waals surface area contributed by atoms with Crippen LogP contribution in [-0.2, 0) is 4.79 Å². The Hall–Kier alpha value is -0.570. The highest BCUT2D eigenvalue weighted by atomic mass is 16.1. The third-order valence-corrected chi connectivity index (χ3v) is 2.12. The molecule has 0 aliphatic carbocycles. The zero-order valence-electron chi connectivity index (χ0n) is 6.55. The lowest BCUT2D eigenvalue weighted by Gasteiger charge is -2.14. The molecule has 1 rings (SSSR count). The lowest BCUT2D eigenvalue weighted by molar-refractivity contribution is -0.719. The molecule has 1 aliphatic rings. The van der Waals surface area contributed by atoms with Gasteiger partial charge in [-0.3, -0.25) is 4.79 Å². The van der Waals surface area contributed by atoms with E-state index in [4.69, 9.17) is 5.73 Å². The maximum Gasteiger partial charge on any atom is 0.275 e. The van der Waals surface area contributed by atoms with Crippen molar-refractivity contribution in [2.24, 2.45) is 5.73 Å². The molecule has 0 aromatic heterocycles. The van der Waals surface area contributed by atoms with Crippen molar-refractivity contribution in [3.63, 3.8) is 0 Å². The predicted molar refractivity (Wildman–Crippen MR) is 38.2 cm³/mol. The Kier molecular flexibility index (Phi) is 1.68. The number of hydrogen-bond acceptors (Lipinski definition) is 1. The molecule has 0 aromatic rings. The van der Waals surface area contributed by atoms with Gasteiger partial charge in [0.1, 0.15) is 0 Å². The van der Waals surface area contributed by atoms with E-state index in [1.54, 1.807) is 0 Å². The molecule has 1 heterocycles. The molecule has 10 heavy (non-hydrogen) atoms. The van der Waals surface area contributed by atoms with Gasteiger partial charge in [0.2, 0.25) is 0 Å². The number of quaternary nitrogens is 1. The molecule has 3 heteroatoms. The van der Waals surface area contributed by atoms with Crippen LogP contribution in [0, 0.1) is 0 Å². The Morgan fingerprint density at radius 3 is 2.50 bits per heavy atom. The van der Waals surface area contributed by atoms with Crippen molar-refractivity contribution in [1.29, 1.82) is 0 Å². The van der Waals surface area contributed by atoms with Gasteiger partial charge in [0.05, 0.1) is 5.54 Å². The highest BCUT2D eigenvalue weighted by Gasteiger charge is 2.37.